The molecule has 5 rings (SSSR count). The van der Waals surface area contributed by atoms with Crippen molar-refractivity contribution in [2.24, 2.45) is 0 Å². The summed E-state index contributed by atoms with van der Waals surface area (Å²) in [5.41, 5.74) is 1.99. The summed E-state index contributed by atoms with van der Waals surface area (Å²) in [6.45, 7) is 2.32. The molecule has 2 fully saturated rings. The second-order valence-corrected chi connectivity index (χ2v) is 10.3. The van der Waals surface area contributed by atoms with Gasteiger partial charge < -0.3 is 29.4 Å². The topological polar surface area (TPSA) is 129 Å². The number of benzene rings is 2. The Morgan fingerprint density at radius 2 is 1.85 bits per heavy atom. The van der Waals surface area contributed by atoms with Gasteiger partial charge >= 0.3 is 0 Å². The van der Waals surface area contributed by atoms with Gasteiger partial charge in [0.05, 0.1) is 19.0 Å². The molecule has 2 aromatic carbocycles. The molecule has 0 saturated carbocycles. The van der Waals surface area contributed by atoms with Gasteiger partial charge in [-0.2, -0.15) is 0 Å². The molecular weight excluding hydrogens is 514 g/mol. The minimum Gasteiger partial charge on any atom is -0.504 e. The zero-order valence-corrected chi connectivity index (χ0v) is 22.5. The summed E-state index contributed by atoms with van der Waals surface area (Å²) in [6.07, 6.45) is 4.20. The highest BCUT2D eigenvalue weighted by atomic mass is 16.5. The molecule has 2 saturated heterocycles. The molecule has 0 unspecified atom stereocenters. The molecule has 10 heteroatoms. The Hall–Kier alpha value is -4.34. The predicted octanol–water partition coefficient (Wildman–Crippen LogP) is 3.16. The molecule has 210 valence electrons. The van der Waals surface area contributed by atoms with E-state index in [0.29, 0.717) is 26.1 Å². The van der Waals surface area contributed by atoms with E-state index < -0.39 is 11.3 Å². The summed E-state index contributed by atoms with van der Waals surface area (Å²) in [6, 6.07) is 11.8. The van der Waals surface area contributed by atoms with Gasteiger partial charge in [-0.15, -0.1) is 0 Å². The third-order valence-corrected chi connectivity index (χ3v) is 7.78. The van der Waals surface area contributed by atoms with Gasteiger partial charge in [0, 0.05) is 44.7 Å². The average molecular weight is 548 g/mol. The molecule has 0 aliphatic carbocycles. The van der Waals surface area contributed by atoms with E-state index >= 15 is 0 Å². The van der Waals surface area contributed by atoms with E-state index in [9.17, 15) is 24.3 Å². The van der Waals surface area contributed by atoms with E-state index in [0.717, 1.165) is 38.3 Å². The van der Waals surface area contributed by atoms with E-state index in [1.807, 2.05) is 17.0 Å². The number of nitrogens with one attached hydrogen (secondary N) is 1. The number of phenolic OH excluding ortho intramolecular Hbond substituents is 1. The van der Waals surface area contributed by atoms with Crippen molar-refractivity contribution < 1.29 is 28.6 Å². The number of hydrogen-bond donors (Lipinski definition) is 2. The van der Waals surface area contributed by atoms with Gasteiger partial charge in [0.25, 0.3) is 5.91 Å². The number of likely N-dealkylation sites (tertiary alicyclic amines) is 2. The van der Waals surface area contributed by atoms with Crippen LogP contribution >= 0.6 is 0 Å². The third-order valence-electron chi connectivity index (χ3n) is 7.78. The van der Waals surface area contributed by atoms with Gasteiger partial charge in [0.1, 0.15) is 5.58 Å². The lowest BCUT2D eigenvalue weighted by atomic mass is 9.86. The molecule has 3 aromatic rings. The van der Waals surface area contributed by atoms with E-state index in [1.54, 1.807) is 4.90 Å². The first kappa shape index (κ1) is 27.2. The maximum atomic E-state index is 12.9. The molecule has 0 atom stereocenters. The Morgan fingerprint density at radius 1 is 1.07 bits per heavy atom. The highest BCUT2D eigenvalue weighted by molar-refractivity contribution is 5.95. The molecule has 0 spiro atoms. The van der Waals surface area contributed by atoms with Crippen LogP contribution in [0.1, 0.15) is 59.7 Å². The number of aromatic hydroxyl groups is 1. The summed E-state index contributed by atoms with van der Waals surface area (Å²) in [4.78, 5) is 54.0. The van der Waals surface area contributed by atoms with E-state index in [1.165, 1.54) is 30.4 Å². The predicted molar refractivity (Wildman–Crippen MR) is 147 cm³/mol. The number of piperidine rings is 2. The summed E-state index contributed by atoms with van der Waals surface area (Å²) < 4.78 is 10.6. The molecular formula is C30H33N3O7. The first-order chi connectivity index (χ1) is 19.3. The Morgan fingerprint density at radius 3 is 2.60 bits per heavy atom. The molecule has 2 aliphatic heterocycles. The number of fused-ring (bicyclic) bond motifs is 1. The second-order valence-electron chi connectivity index (χ2n) is 10.3. The summed E-state index contributed by atoms with van der Waals surface area (Å²) in [5.74, 6) is -0.739. The maximum Gasteiger partial charge on any atom is 0.287 e. The normalized spacial score (nSPS) is 16.3. The fourth-order valence-electron chi connectivity index (χ4n) is 5.55. The van der Waals surface area contributed by atoms with Gasteiger partial charge in [0.15, 0.2) is 22.7 Å². The smallest absolute Gasteiger partial charge is 0.287 e. The fourth-order valence-corrected chi connectivity index (χ4v) is 5.55. The van der Waals surface area contributed by atoms with Gasteiger partial charge in [-0.05, 0) is 48.8 Å². The molecule has 10 nitrogen and oxygen atoms in total. The maximum absolute atomic E-state index is 12.9. The molecule has 0 bridgehead atoms. The van der Waals surface area contributed by atoms with Crippen LogP contribution in [0.5, 0.6) is 11.5 Å². The highest BCUT2D eigenvalue weighted by Crippen LogP contribution is 2.32. The van der Waals surface area contributed by atoms with Crippen LogP contribution in [0.2, 0.25) is 0 Å². The van der Waals surface area contributed by atoms with E-state index in [4.69, 9.17) is 9.15 Å². The third kappa shape index (κ3) is 5.80. The first-order valence-electron chi connectivity index (χ1n) is 13.6. The Bertz CT molecular complexity index is 1490. The van der Waals surface area contributed by atoms with Crippen molar-refractivity contribution >= 4 is 28.7 Å². The number of carbonyl (C=O) groups is 3. The van der Waals surface area contributed by atoms with Crippen LogP contribution < -0.4 is 15.5 Å². The number of rotatable bonds is 7. The number of amides is 3. The Kier molecular flexibility index (Phi) is 8.04. The van der Waals surface area contributed by atoms with Crippen LogP contribution in [0.4, 0.5) is 0 Å². The van der Waals surface area contributed by atoms with Crippen molar-refractivity contribution in [3.63, 3.8) is 0 Å². The summed E-state index contributed by atoms with van der Waals surface area (Å²) in [7, 11) is 1.36. The summed E-state index contributed by atoms with van der Waals surface area (Å²) >= 11 is 0. The van der Waals surface area contributed by atoms with Crippen LogP contribution in [-0.4, -0.2) is 65.9 Å². The van der Waals surface area contributed by atoms with E-state index in [2.05, 4.69) is 17.4 Å². The van der Waals surface area contributed by atoms with Crippen LogP contribution in [0.15, 0.2) is 51.7 Å². The number of hydrogen-bond acceptors (Lipinski definition) is 7. The largest absolute Gasteiger partial charge is 0.504 e. The SMILES string of the molecule is COc1cc2oc(C(=O)NCC(=O)N3CCC(c4ccccc4CN4CCCCC4=O)CC3)cc(=O)c2cc1O. The molecule has 3 amide bonds. The number of phenols is 1. The number of methoxy groups -OCH3 is 1. The quantitative estimate of drug-likeness (QED) is 0.465. The van der Waals surface area contributed by atoms with E-state index in [-0.39, 0.29) is 52.5 Å². The van der Waals surface area contributed by atoms with Gasteiger partial charge in [-0.3, -0.25) is 19.2 Å². The van der Waals surface area contributed by atoms with Crippen LogP contribution in [-0.2, 0) is 16.1 Å². The number of ether oxygens (including phenoxy) is 1. The van der Waals surface area contributed by atoms with Crippen molar-refractivity contribution in [3.05, 3.63) is 69.6 Å². The van der Waals surface area contributed by atoms with Crippen LogP contribution in [0.25, 0.3) is 11.0 Å². The van der Waals surface area contributed by atoms with Crippen molar-refractivity contribution in [3.8, 4) is 11.5 Å². The molecule has 1 aromatic heterocycles. The molecule has 40 heavy (non-hydrogen) atoms. The lowest BCUT2D eigenvalue weighted by Crippen LogP contribution is -2.44. The highest BCUT2D eigenvalue weighted by Gasteiger charge is 2.27. The number of carbonyl (C=O) groups excluding carboxylic acids is 3. The first-order valence-corrected chi connectivity index (χ1v) is 13.6. The lowest BCUT2D eigenvalue weighted by molar-refractivity contribution is -0.134. The van der Waals surface area contributed by atoms with Gasteiger partial charge in [-0.25, -0.2) is 0 Å². The molecule has 0 radical (unpaired) electrons. The van der Waals surface area contributed by atoms with Crippen molar-refractivity contribution in [2.45, 2.75) is 44.6 Å². The Balaban J connectivity index is 1.17. The zero-order valence-electron chi connectivity index (χ0n) is 22.5. The van der Waals surface area contributed by atoms with Crippen molar-refractivity contribution in [2.75, 3.05) is 33.3 Å². The molecule has 2 N–H and O–H groups in total. The minimum atomic E-state index is -0.685. The molecule has 3 heterocycles. The lowest BCUT2D eigenvalue weighted by Gasteiger charge is -2.34. The monoisotopic (exact) mass is 547 g/mol. The number of nitrogens with zero attached hydrogens (tertiary/aromatic N) is 2. The zero-order chi connectivity index (χ0) is 28.2. The standard InChI is InChI=1S/C30H33N3O7/c1-39-26-16-25-22(14-24(26)35)23(34)15-27(40-25)30(38)31-17-29(37)32-12-9-19(10-13-32)21-7-3-2-6-20(21)18-33-11-5-4-8-28(33)36/h2-3,6-7,14-16,19,35H,4-5,8-13,17-18H2,1H3,(H,31,38). The van der Waals surface area contributed by atoms with Crippen LogP contribution in [0, 0.1) is 0 Å². The van der Waals surface area contributed by atoms with Crippen molar-refractivity contribution in [1.29, 1.82) is 0 Å². The molecule has 2 aliphatic rings. The second kappa shape index (κ2) is 11.8. The average Bonchev–Trinajstić information content (AvgIpc) is 2.97. The minimum absolute atomic E-state index is 0.0885. The van der Waals surface area contributed by atoms with Crippen molar-refractivity contribution in [1.82, 2.24) is 15.1 Å². The Labute approximate surface area is 231 Å². The van der Waals surface area contributed by atoms with Crippen LogP contribution in [0.3, 0.4) is 0 Å². The summed E-state index contributed by atoms with van der Waals surface area (Å²) in [5, 5.41) is 12.6. The van der Waals surface area contributed by atoms with Gasteiger partial charge in [0.2, 0.25) is 11.8 Å². The fraction of sp³-hybridized carbons (Fsp3) is 0.400. The van der Waals surface area contributed by atoms with Gasteiger partial charge in [-0.1, -0.05) is 24.3 Å².